The van der Waals surface area contributed by atoms with E-state index >= 15 is 0 Å². The van der Waals surface area contributed by atoms with Gasteiger partial charge in [0.15, 0.2) is 5.78 Å². The fourth-order valence-corrected chi connectivity index (χ4v) is 3.33. The highest BCUT2D eigenvalue weighted by molar-refractivity contribution is 8.00. The van der Waals surface area contributed by atoms with E-state index in [1.165, 1.54) is 0 Å². The molecule has 0 radical (unpaired) electrons. The predicted octanol–water partition coefficient (Wildman–Crippen LogP) is 4.99. The number of hydrogen-bond donors (Lipinski definition) is 0. The summed E-state index contributed by atoms with van der Waals surface area (Å²) in [7, 11) is 0. The maximum atomic E-state index is 11.6. The third-order valence-corrected chi connectivity index (χ3v) is 4.94. The average molecular weight is 283 g/mol. The zero-order chi connectivity index (χ0) is 12.4. The van der Waals surface area contributed by atoms with Crippen LogP contribution in [0.2, 0.25) is 5.02 Å². The molecule has 88 valence electrons. The minimum Gasteiger partial charge on any atom is -0.294 e. The number of Topliss-reactive ketones (excluding diaryl/α,β-unsaturated/α-hetero) is 1. The minimum atomic E-state index is 0.111. The molecule has 0 bridgehead atoms. The molecule has 0 unspecified atom stereocenters. The summed E-state index contributed by atoms with van der Waals surface area (Å²) in [6, 6.07) is 9.64. The van der Waals surface area contributed by atoms with E-state index in [-0.39, 0.29) is 5.78 Å². The fourth-order valence-electron chi connectivity index (χ4n) is 1.57. The van der Waals surface area contributed by atoms with E-state index in [0.717, 1.165) is 20.2 Å². The molecule has 2 aromatic rings. The van der Waals surface area contributed by atoms with Crippen LogP contribution in [0.15, 0.2) is 34.5 Å². The van der Waals surface area contributed by atoms with E-state index in [1.807, 2.05) is 30.5 Å². The lowest BCUT2D eigenvalue weighted by Crippen LogP contribution is -1.89. The van der Waals surface area contributed by atoms with Gasteiger partial charge >= 0.3 is 0 Å². The van der Waals surface area contributed by atoms with Gasteiger partial charge in [-0.05, 0) is 36.9 Å². The van der Waals surface area contributed by atoms with Crippen LogP contribution in [0.25, 0.3) is 11.1 Å². The van der Waals surface area contributed by atoms with Crippen molar-refractivity contribution in [3.8, 4) is 11.1 Å². The largest absolute Gasteiger partial charge is 0.294 e. The van der Waals surface area contributed by atoms with E-state index in [1.54, 1.807) is 30.0 Å². The summed E-state index contributed by atoms with van der Waals surface area (Å²) in [5, 5.41) is 0.707. The van der Waals surface area contributed by atoms with Crippen LogP contribution in [0.1, 0.15) is 16.6 Å². The Kier molecular flexibility index (Phi) is 3.92. The van der Waals surface area contributed by atoms with Crippen LogP contribution >= 0.6 is 34.7 Å². The third kappa shape index (κ3) is 2.73. The zero-order valence-corrected chi connectivity index (χ0v) is 11.9. The van der Waals surface area contributed by atoms with Crippen molar-refractivity contribution >= 4 is 40.5 Å². The van der Waals surface area contributed by atoms with Crippen molar-refractivity contribution < 1.29 is 4.79 Å². The molecule has 0 spiro atoms. The second-order valence-electron chi connectivity index (χ2n) is 3.58. The highest BCUT2D eigenvalue weighted by Gasteiger charge is 2.14. The van der Waals surface area contributed by atoms with Gasteiger partial charge in [-0.2, -0.15) is 0 Å². The lowest BCUT2D eigenvalue weighted by molar-refractivity contribution is 0.102. The topological polar surface area (TPSA) is 17.1 Å². The summed E-state index contributed by atoms with van der Waals surface area (Å²) < 4.78 is 1.15. The molecule has 0 atom stereocenters. The summed E-state index contributed by atoms with van der Waals surface area (Å²) in [6.07, 6.45) is 2.02. The number of thioether (sulfide) groups is 1. The second-order valence-corrected chi connectivity index (χ2v) is 6.17. The first kappa shape index (κ1) is 12.7. The standard InChI is InChI=1S/C13H11ClOS2/c1-8(15)13-11(7-12(16-2)17-13)9-3-5-10(14)6-4-9/h3-7H,1-2H3. The Morgan fingerprint density at radius 3 is 2.47 bits per heavy atom. The highest BCUT2D eigenvalue weighted by atomic mass is 35.5. The predicted molar refractivity (Wildman–Crippen MR) is 76.6 cm³/mol. The third-order valence-electron chi connectivity index (χ3n) is 2.39. The van der Waals surface area contributed by atoms with Crippen molar-refractivity contribution in [1.82, 2.24) is 0 Å². The Bertz CT molecular complexity index is 543. The maximum absolute atomic E-state index is 11.6. The van der Waals surface area contributed by atoms with Crippen LogP contribution in [-0.4, -0.2) is 12.0 Å². The number of ketones is 1. The highest BCUT2D eigenvalue weighted by Crippen LogP contribution is 2.36. The Morgan fingerprint density at radius 1 is 1.29 bits per heavy atom. The maximum Gasteiger partial charge on any atom is 0.170 e. The molecule has 1 aromatic heterocycles. The van der Waals surface area contributed by atoms with Gasteiger partial charge in [0.05, 0.1) is 9.09 Å². The molecular weight excluding hydrogens is 272 g/mol. The van der Waals surface area contributed by atoms with Gasteiger partial charge in [0.2, 0.25) is 0 Å². The summed E-state index contributed by atoms with van der Waals surface area (Å²) >= 11 is 9.07. The molecule has 1 heterocycles. The first-order chi connectivity index (χ1) is 8.11. The fraction of sp³-hybridized carbons (Fsp3) is 0.154. The second kappa shape index (κ2) is 5.25. The van der Waals surface area contributed by atoms with Gasteiger partial charge in [-0.15, -0.1) is 23.1 Å². The average Bonchev–Trinajstić information content (AvgIpc) is 2.74. The van der Waals surface area contributed by atoms with Crippen molar-refractivity contribution in [2.24, 2.45) is 0 Å². The molecule has 0 aliphatic rings. The number of rotatable bonds is 3. The molecule has 0 saturated heterocycles. The van der Waals surface area contributed by atoms with Crippen molar-refractivity contribution in [2.45, 2.75) is 11.1 Å². The quantitative estimate of drug-likeness (QED) is 0.582. The molecule has 1 aromatic carbocycles. The molecule has 2 rings (SSSR count). The molecule has 0 aliphatic heterocycles. The van der Waals surface area contributed by atoms with Crippen LogP contribution in [0.5, 0.6) is 0 Å². The Hall–Kier alpha value is -0.770. The van der Waals surface area contributed by atoms with Gasteiger partial charge in [-0.3, -0.25) is 4.79 Å². The molecule has 0 fully saturated rings. The molecule has 0 saturated carbocycles. The number of halogens is 1. The summed E-state index contributed by atoms with van der Waals surface area (Å²) in [5.74, 6) is 0.111. The van der Waals surface area contributed by atoms with Gasteiger partial charge < -0.3 is 0 Å². The number of hydrogen-bond acceptors (Lipinski definition) is 3. The van der Waals surface area contributed by atoms with E-state index < -0.39 is 0 Å². The zero-order valence-electron chi connectivity index (χ0n) is 9.49. The van der Waals surface area contributed by atoms with Crippen LogP contribution in [-0.2, 0) is 0 Å². The lowest BCUT2D eigenvalue weighted by atomic mass is 10.1. The van der Waals surface area contributed by atoms with Gasteiger partial charge in [0.25, 0.3) is 0 Å². The molecule has 4 heteroatoms. The van der Waals surface area contributed by atoms with Gasteiger partial charge in [0.1, 0.15) is 0 Å². The number of carbonyl (C=O) groups excluding carboxylic acids is 1. The molecular formula is C13H11ClOS2. The molecule has 0 N–H and O–H groups in total. The van der Waals surface area contributed by atoms with Crippen molar-refractivity contribution in [2.75, 3.05) is 6.26 Å². The Labute approximate surface area is 114 Å². The Balaban J connectivity index is 2.53. The smallest absolute Gasteiger partial charge is 0.170 e. The summed E-state index contributed by atoms with van der Waals surface area (Å²) in [6.45, 7) is 1.61. The first-order valence-corrected chi connectivity index (χ1v) is 7.48. The molecule has 0 amide bonds. The summed E-state index contributed by atoms with van der Waals surface area (Å²) in [4.78, 5) is 12.4. The SMILES string of the molecule is CSc1cc(-c2ccc(Cl)cc2)c(C(C)=O)s1. The first-order valence-electron chi connectivity index (χ1n) is 5.06. The number of carbonyl (C=O) groups is 1. The molecule has 17 heavy (non-hydrogen) atoms. The Morgan fingerprint density at radius 2 is 1.94 bits per heavy atom. The van der Waals surface area contributed by atoms with Crippen LogP contribution in [0.4, 0.5) is 0 Å². The monoisotopic (exact) mass is 282 g/mol. The lowest BCUT2D eigenvalue weighted by Gasteiger charge is -2.00. The van der Waals surface area contributed by atoms with Gasteiger partial charge in [0, 0.05) is 10.6 Å². The molecule has 0 aliphatic carbocycles. The molecule has 1 nitrogen and oxygen atoms in total. The van der Waals surface area contributed by atoms with E-state index in [4.69, 9.17) is 11.6 Å². The van der Waals surface area contributed by atoms with Crippen LogP contribution in [0, 0.1) is 0 Å². The van der Waals surface area contributed by atoms with E-state index in [0.29, 0.717) is 5.02 Å². The number of benzene rings is 1. The van der Waals surface area contributed by atoms with Crippen molar-refractivity contribution in [3.05, 3.63) is 40.2 Å². The minimum absolute atomic E-state index is 0.111. The number of thiophene rings is 1. The van der Waals surface area contributed by atoms with Gasteiger partial charge in [-0.1, -0.05) is 23.7 Å². The summed E-state index contributed by atoms with van der Waals surface area (Å²) in [5.41, 5.74) is 2.04. The van der Waals surface area contributed by atoms with Crippen molar-refractivity contribution in [3.63, 3.8) is 0 Å². The van der Waals surface area contributed by atoms with E-state index in [9.17, 15) is 4.79 Å². The van der Waals surface area contributed by atoms with Crippen molar-refractivity contribution in [1.29, 1.82) is 0 Å². The van der Waals surface area contributed by atoms with Crippen LogP contribution in [0.3, 0.4) is 0 Å². The van der Waals surface area contributed by atoms with Crippen LogP contribution < -0.4 is 0 Å². The van der Waals surface area contributed by atoms with Gasteiger partial charge in [-0.25, -0.2) is 0 Å². The van der Waals surface area contributed by atoms with E-state index in [2.05, 4.69) is 6.07 Å². The normalized spacial score (nSPS) is 10.5.